The van der Waals surface area contributed by atoms with Gasteiger partial charge in [0, 0.05) is 24.8 Å². The van der Waals surface area contributed by atoms with Crippen LogP contribution in [-0.4, -0.2) is 29.8 Å². The molecule has 0 aliphatic rings. The quantitative estimate of drug-likeness (QED) is 0.580. The Morgan fingerprint density at radius 2 is 2.14 bits per heavy atom. The van der Waals surface area contributed by atoms with Crippen LogP contribution in [0.15, 0.2) is 22.6 Å². The molecule has 0 bridgehead atoms. The number of rotatable bonds is 5. The molecule has 4 N–H and O–H groups in total. The standard InChI is InChI=1S/C15H22N4O3/c1-15(2,3)22-14(20)18-8-4-7-17-13-19-11-6-5-10(16)9-12(11)21-13/h5-6,9H,4,7-8,16H2,1-3H3,(H,17,19)(H,18,20). The van der Waals surface area contributed by atoms with Crippen LogP contribution in [0.25, 0.3) is 11.1 Å². The van der Waals surface area contributed by atoms with Crippen molar-refractivity contribution < 1.29 is 13.9 Å². The zero-order valence-electron chi connectivity index (χ0n) is 13.1. The van der Waals surface area contributed by atoms with Gasteiger partial charge in [0.1, 0.15) is 11.1 Å². The molecule has 0 spiro atoms. The Bertz CT molecular complexity index is 646. The maximum atomic E-state index is 11.4. The summed E-state index contributed by atoms with van der Waals surface area (Å²) in [5.74, 6) is 0. The number of nitrogens with two attached hydrogens (primary N) is 1. The maximum Gasteiger partial charge on any atom is 0.407 e. The van der Waals surface area contributed by atoms with Gasteiger partial charge in [-0.1, -0.05) is 0 Å². The number of alkyl carbamates (subject to hydrolysis) is 1. The van der Waals surface area contributed by atoms with E-state index in [0.29, 0.717) is 30.4 Å². The van der Waals surface area contributed by atoms with Gasteiger partial charge in [-0.05, 0) is 39.3 Å². The van der Waals surface area contributed by atoms with Gasteiger partial charge in [0.25, 0.3) is 6.01 Å². The molecule has 1 heterocycles. The van der Waals surface area contributed by atoms with Gasteiger partial charge in [-0.3, -0.25) is 0 Å². The summed E-state index contributed by atoms with van der Waals surface area (Å²) in [7, 11) is 0. The smallest absolute Gasteiger partial charge is 0.407 e. The third-order valence-electron chi connectivity index (χ3n) is 2.71. The Morgan fingerprint density at radius 1 is 1.36 bits per heavy atom. The van der Waals surface area contributed by atoms with E-state index in [1.807, 2.05) is 26.8 Å². The zero-order chi connectivity index (χ0) is 16.2. The largest absolute Gasteiger partial charge is 0.444 e. The second-order valence-electron chi connectivity index (χ2n) is 5.96. The number of nitrogens with zero attached hydrogens (tertiary/aromatic N) is 1. The molecule has 0 atom stereocenters. The number of nitrogen functional groups attached to an aromatic ring is 1. The molecule has 0 saturated heterocycles. The average Bonchev–Trinajstić information content (AvgIpc) is 2.78. The number of amides is 1. The fourth-order valence-electron chi connectivity index (χ4n) is 1.81. The molecule has 7 nitrogen and oxygen atoms in total. The number of anilines is 2. The molecule has 22 heavy (non-hydrogen) atoms. The summed E-state index contributed by atoms with van der Waals surface area (Å²) in [5, 5.41) is 5.76. The summed E-state index contributed by atoms with van der Waals surface area (Å²) in [5.41, 5.74) is 7.24. The predicted molar refractivity (Wildman–Crippen MR) is 85.8 cm³/mol. The van der Waals surface area contributed by atoms with E-state index in [1.54, 1.807) is 12.1 Å². The maximum absolute atomic E-state index is 11.4. The Morgan fingerprint density at radius 3 is 2.86 bits per heavy atom. The second kappa shape index (κ2) is 6.55. The summed E-state index contributed by atoms with van der Waals surface area (Å²) in [4.78, 5) is 15.7. The molecule has 120 valence electrons. The van der Waals surface area contributed by atoms with Crippen molar-refractivity contribution in [2.75, 3.05) is 24.1 Å². The average molecular weight is 306 g/mol. The van der Waals surface area contributed by atoms with Gasteiger partial charge < -0.3 is 25.5 Å². The molecule has 2 rings (SSSR count). The van der Waals surface area contributed by atoms with Crippen LogP contribution in [0.2, 0.25) is 0 Å². The third-order valence-corrected chi connectivity index (χ3v) is 2.71. The SMILES string of the molecule is CC(C)(C)OC(=O)NCCCNc1nc2ccc(N)cc2o1. The fourth-order valence-corrected chi connectivity index (χ4v) is 1.81. The first kappa shape index (κ1) is 15.9. The number of benzene rings is 1. The monoisotopic (exact) mass is 306 g/mol. The van der Waals surface area contributed by atoms with E-state index in [-0.39, 0.29) is 0 Å². The Balaban J connectivity index is 1.71. The highest BCUT2D eigenvalue weighted by atomic mass is 16.6. The molecule has 1 aromatic heterocycles. The highest BCUT2D eigenvalue weighted by Crippen LogP contribution is 2.20. The summed E-state index contributed by atoms with van der Waals surface area (Å²) in [6, 6.07) is 5.76. The molecule has 1 aromatic carbocycles. The van der Waals surface area contributed by atoms with Crippen LogP contribution in [0.3, 0.4) is 0 Å². The summed E-state index contributed by atoms with van der Waals surface area (Å²) < 4.78 is 10.7. The fraction of sp³-hybridized carbons (Fsp3) is 0.467. The van der Waals surface area contributed by atoms with Gasteiger partial charge in [-0.15, -0.1) is 0 Å². The van der Waals surface area contributed by atoms with E-state index in [0.717, 1.165) is 11.9 Å². The number of hydrogen-bond acceptors (Lipinski definition) is 6. The van der Waals surface area contributed by atoms with Crippen molar-refractivity contribution in [3.63, 3.8) is 0 Å². The molecule has 0 unspecified atom stereocenters. The van der Waals surface area contributed by atoms with Crippen molar-refractivity contribution in [3.8, 4) is 0 Å². The van der Waals surface area contributed by atoms with Crippen LogP contribution in [0.5, 0.6) is 0 Å². The molecule has 7 heteroatoms. The first-order valence-electron chi connectivity index (χ1n) is 7.20. The summed E-state index contributed by atoms with van der Waals surface area (Å²) in [6.45, 7) is 6.61. The second-order valence-corrected chi connectivity index (χ2v) is 5.96. The minimum atomic E-state index is -0.484. The minimum Gasteiger partial charge on any atom is -0.444 e. The van der Waals surface area contributed by atoms with Crippen molar-refractivity contribution in [2.45, 2.75) is 32.8 Å². The van der Waals surface area contributed by atoms with Crippen molar-refractivity contribution in [2.24, 2.45) is 0 Å². The number of ether oxygens (including phenoxy) is 1. The number of hydrogen-bond donors (Lipinski definition) is 3. The third kappa shape index (κ3) is 4.83. The first-order valence-corrected chi connectivity index (χ1v) is 7.20. The van der Waals surface area contributed by atoms with Crippen LogP contribution in [-0.2, 0) is 4.74 Å². The van der Waals surface area contributed by atoms with E-state index in [9.17, 15) is 4.79 Å². The van der Waals surface area contributed by atoms with Crippen molar-refractivity contribution in [1.82, 2.24) is 10.3 Å². The van der Waals surface area contributed by atoms with E-state index in [2.05, 4.69) is 15.6 Å². The van der Waals surface area contributed by atoms with E-state index < -0.39 is 11.7 Å². The molecule has 2 aromatic rings. The van der Waals surface area contributed by atoms with Crippen molar-refractivity contribution in [1.29, 1.82) is 0 Å². The van der Waals surface area contributed by atoms with Crippen molar-refractivity contribution >= 4 is 28.9 Å². The van der Waals surface area contributed by atoms with E-state index >= 15 is 0 Å². The molecular formula is C15H22N4O3. The van der Waals surface area contributed by atoms with E-state index in [4.69, 9.17) is 14.9 Å². The van der Waals surface area contributed by atoms with Crippen LogP contribution in [0.4, 0.5) is 16.5 Å². The topological polar surface area (TPSA) is 102 Å². The molecule has 1 amide bonds. The van der Waals surface area contributed by atoms with Gasteiger partial charge >= 0.3 is 6.09 Å². The van der Waals surface area contributed by atoms with Crippen LogP contribution >= 0.6 is 0 Å². The van der Waals surface area contributed by atoms with Gasteiger partial charge in [0.2, 0.25) is 0 Å². The molecule has 0 aliphatic carbocycles. The van der Waals surface area contributed by atoms with Crippen LogP contribution in [0, 0.1) is 0 Å². The van der Waals surface area contributed by atoms with Gasteiger partial charge in [-0.2, -0.15) is 4.98 Å². The molecule has 0 aliphatic heterocycles. The molecule has 0 radical (unpaired) electrons. The summed E-state index contributed by atoms with van der Waals surface area (Å²) >= 11 is 0. The minimum absolute atomic E-state index is 0.412. The highest BCUT2D eigenvalue weighted by Gasteiger charge is 2.15. The zero-order valence-corrected chi connectivity index (χ0v) is 13.1. The Labute approximate surface area is 129 Å². The molecule has 0 saturated carbocycles. The Hall–Kier alpha value is -2.44. The van der Waals surface area contributed by atoms with E-state index in [1.165, 1.54) is 0 Å². The Kier molecular flexibility index (Phi) is 4.75. The van der Waals surface area contributed by atoms with Gasteiger partial charge in [0.15, 0.2) is 5.58 Å². The number of aromatic nitrogens is 1. The summed E-state index contributed by atoms with van der Waals surface area (Å²) in [6.07, 6.45) is 0.310. The molecule has 0 fully saturated rings. The number of carbonyl (C=O) groups excluding carboxylic acids is 1. The molecular weight excluding hydrogens is 284 g/mol. The van der Waals surface area contributed by atoms with Crippen LogP contribution in [0.1, 0.15) is 27.2 Å². The van der Waals surface area contributed by atoms with Crippen LogP contribution < -0.4 is 16.4 Å². The van der Waals surface area contributed by atoms with Gasteiger partial charge in [-0.25, -0.2) is 4.79 Å². The number of fused-ring (bicyclic) bond motifs is 1. The van der Waals surface area contributed by atoms with Gasteiger partial charge in [0.05, 0.1) is 0 Å². The first-order chi connectivity index (χ1) is 10.3. The lowest BCUT2D eigenvalue weighted by atomic mass is 10.2. The number of nitrogens with one attached hydrogen (secondary N) is 2. The number of oxazole rings is 1. The lowest BCUT2D eigenvalue weighted by Crippen LogP contribution is -2.33. The lowest BCUT2D eigenvalue weighted by molar-refractivity contribution is 0.0528. The highest BCUT2D eigenvalue weighted by molar-refractivity contribution is 5.78. The lowest BCUT2D eigenvalue weighted by Gasteiger charge is -2.19. The number of carbonyl (C=O) groups is 1. The predicted octanol–water partition coefficient (Wildman–Crippen LogP) is 2.74. The van der Waals surface area contributed by atoms with Crippen molar-refractivity contribution in [3.05, 3.63) is 18.2 Å². The normalized spacial score (nSPS) is 11.4.